The molecule has 0 aromatic heterocycles. The van der Waals surface area contributed by atoms with Gasteiger partial charge in [0.2, 0.25) is 0 Å². The van der Waals surface area contributed by atoms with Gasteiger partial charge >= 0.3 is 6.09 Å². The van der Waals surface area contributed by atoms with Crippen LogP contribution < -0.4 is 10.6 Å². The van der Waals surface area contributed by atoms with Crippen LogP contribution in [0, 0.1) is 5.92 Å². The van der Waals surface area contributed by atoms with Crippen LogP contribution in [0.15, 0.2) is 0 Å². The second-order valence-corrected chi connectivity index (χ2v) is 6.35. The zero-order valence-corrected chi connectivity index (χ0v) is 13.8. The molecule has 0 unspecified atom stereocenters. The van der Waals surface area contributed by atoms with Crippen molar-refractivity contribution >= 4 is 6.09 Å². The van der Waals surface area contributed by atoms with E-state index in [9.17, 15) is 4.79 Å². The van der Waals surface area contributed by atoms with Crippen LogP contribution in [-0.2, 0) is 9.47 Å². The monoisotopic (exact) mass is 288 g/mol. The third-order valence-corrected chi connectivity index (χ3v) is 2.29. The predicted octanol–water partition coefficient (Wildman–Crippen LogP) is 2.55. The van der Waals surface area contributed by atoms with Crippen LogP contribution in [0.3, 0.4) is 0 Å². The lowest BCUT2D eigenvalue weighted by molar-refractivity contribution is 0.0527. The molecule has 120 valence electrons. The van der Waals surface area contributed by atoms with E-state index in [1.807, 2.05) is 20.8 Å². The Hall–Kier alpha value is -0.810. The Balaban J connectivity index is 3.23. The molecule has 20 heavy (non-hydrogen) atoms. The second-order valence-electron chi connectivity index (χ2n) is 6.35. The first-order valence-electron chi connectivity index (χ1n) is 7.56. The highest BCUT2D eigenvalue weighted by Gasteiger charge is 2.15. The van der Waals surface area contributed by atoms with Crippen molar-refractivity contribution in [3.8, 4) is 0 Å². The van der Waals surface area contributed by atoms with Gasteiger partial charge in [0.25, 0.3) is 0 Å². The average Bonchev–Trinajstić information content (AvgIpc) is 2.28. The van der Waals surface area contributed by atoms with Gasteiger partial charge in [-0.2, -0.15) is 0 Å². The summed E-state index contributed by atoms with van der Waals surface area (Å²) in [6.07, 6.45) is 1.57. The van der Waals surface area contributed by atoms with Crippen LogP contribution in [0.25, 0.3) is 0 Å². The quantitative estimate of drug-likeness (QED) is 0.607. The normalized spacial score (nSPS) is 11.7. The van der Waals surface area contributed by atoms with Crippen LogP contribution in [-0.4, -0.2) is 44.5 Å². The Morgan fingerprint density at radius 3 is 2.35 bits per heavy atom. The summed E-state index contributed by atoms with van der Waals surface area (Å²) in [5, 5.41) is 6.06. The number of nitrogens with one attached hydrogen (secondary N) is 2. The number of amides is 1. The lowest BCUT2D eigenvalue weighted by atomic mass is 10.2. The predicted molar refractivity (Wildman–Crippen MR) is 82.0 cm³/mol. The summed E-state index contributed by atoms with van der Waals surface area (Å²) in [6.45, 7) is 14.0. The fraction of sp³-hybridized carbons (Fsp3) is 0.933. The Kier molecular flexibility index (Phi) is 10.5. The van der Waals surface area contributed by atoms with E-state index in [4.69, 9.17) is 9.47 Å². The third kappa shape index (κ3) is 15.2. The van der Waals surface area contributed by atoms with Crippen molar-refractivity contribution in [3.63, 3.8) is 0 Å². The maximum Gasteiger partial charge on any atom is 0.407 e. The molecule has 0 aromatic carbocycles. The summed E-state index contributed by atoms with van der Waals surface area (Å²) in [5.41, 5.74) is -0.432. The standard InChI is InChI=1S/C15H32N2O3/c1-13(2)12-19-11-7-9-16-8-6-10-17-14(18)20-15(3,4)5/h13,16H,6-12H2,1-5H3,(H,17,18). The Morgan fingerprint density at radius 2 is 1.75 bits per heavy atom. The third-order valence-electron chi connectivity index (χ3n) is 2.29. The Morgan fingerprint density at radius 1 is 1.10 bits per heavy atom. The van der Waals surface area contributed by atoms with Crippen LogP contribution in [0.1, 0.15) is 47.5 Å². The molecular weight excluding hydrogens is 256 g/mol. The summed E-state index contributed by atoms with van der Waals surface area (Å²) in [4.78, 5) is 11.4. The minimum atomic E-state index is -0.432. The van der Waals surface area contributed by atoms with Crippen molar-refractivity contribution < 1.29 is 14.3 Å². The Labute approximate surface area is 123 Å². The highest BCUT2D eigenvalue weighted by Crippen LogP contribution is 2.06. The van der Waals surface area contributed by atoms with Crippen molar-refractivity contribution in [2.24, 2.45) is 5.92 Å². The van der Waals surface area contributed by atoms with Crippen LogP contribution >= 0.6 is 0 Å². The van der Waals surface area contributed by atoms with Gasteiger partial charge in [0.05, 0.1) is 0 Å². The van der Waals surface area contributed by atoms with Gasteiger partial charge in [0, 0.05) is 19.8 Å². The van der Waals surface area contributed by atoms with Crippen molar-refractivity contribution in [2.75, 3.05) is 32.8 Å². The van der Waals surface area contributed by atoms with Crippen LogP contribution in [0.5, 0.6) is 0 Å². The van der Waals surface area contributed by atoms with Gasteiger partial charge in [-0.1, -0.05) is 13.8 Å². The van der Waals surface area contributed by atoms with E-state index < -0.39 is 5.60 Å². The number of hydrogen-bond donors (Lipinski definition) is 2. The molecular formula is C15H32N2O3. The molecule has 0 aromatic rings. The number of hydrogen-bond acceptors (Lipinski definition) is 4. The van der Waals surface area contributed by atoms with Crippen molar-refractivity contribution in [2.45, 2.75) is 53.1 Å². The first-order valence-corrected chi connectivity index (χ1v) is 7.56. The highest BCUT2D eigenvalue weighted by atomic mass is 16.6. The molecule has 0 spiro atoms. The topological polar surface area (TPSA) is 59.6 Å². The summed E-state index contributed by atoms with van der Waals surface area (Å²) < 4.78 is 10.6. The number of carbonyl (C=O) groups excluding carboxylic acids is 1. The molecule has 0 bridgehead atoms. The highest BCUT2D eigenvalue weighted by molar-refractivity contribution is 5.67. The molecule has 5 nitrogen and oxygen atoms in total. The van der Waals surface area contributed by atoms with E-state index in [1.54, 1.807) is 0 Å². The van der Waals surface area contributed by atoms with Crippen molar-refractivity contribution in [1.29, 1.82) is 0 Å². The van der Waals surface area contributed by atoms with Gasteiger partial charge in [0.15, 0.2) is 0 Å². The number of carbonyl (C=O) groups is 1. The van der Waals surface area contributed by atoms with Gasteiger partial charge in [0.1, 0.15) is 5.60 Å². The van der Waals surface area contributed by atoms with Gasteiger partial charge in [-0.05, 0) is 52.6 Å². The van der Waals surface area contributed by atoms with E-state index in [2.05, 4.69) is 24.5 Å². The Bertz CT molecular complexity index is 250. The molecule has 0 heterocycles. The van der Waals surface area contributed by atoms with Crippen molar-refractivity contribution in [1.82, 2.24) is 10.6 Å². The second kappa shape index (κ2) is 10.9. The molecule has 0 saturated carbocycles. The summed E-state index contributed by atoms with van der Waals surface area (Å²) in [7, 11) is 0. The van der Waals surface area contributed by atoms with Crippen LogP contribution in [0.2, 0.25) is 0 Å². The maximum absolute atomic E-state index is 11.4. The summed E-state index contributed by atoms with van der Waals surface area (Å²) >= 11 is 0. The van der Waals surface area contributed by atoms with E-state index in [0.717, 1.165) is 39.1 Å². The largest absolute Gasteiger partial charge is 0.444 e. The first-order chi connectivity index (χ1) is 9.31. The summed E-state index contributed by atoms with van der Waals surface area (Å²) in [6, 6.07) is 0. The van der Waals surface area contributed by atoms with E-state index in [0.29, 0.717) is 12.5 Å². The molecule has 1 amide bonds. The number of ether oxygens (including phenoxy) is 2. The molecule has 2 N–H and O–H groups in total. The average molecular weight is 288 g/mol. The fourth-order valence-corrected chi connectivity index (χ4v) is 1.46. The first kappa shape index (κ1) is 19.2. The van der Waals surface area contributed by atoms with Crippen LogP contribution in [0.4, 0.5) is 4.79 Å². The number of alkyl carbamates (subject to hydrolysis) is 1. The number of rotatable bonds is 10. The lowest BCUT2D eigenvalue weighted by Crippen LogP contribution is -2.34. The zero-order chi connectivity index (χ0) is 15.4. The smallest absolute Gasteiger partial charge is 0.407 e. The molecule has 0 fully saturated rings. The minimum Gasteiger partial charge on any atom is -0.444 e. The maximum atomic E-state index is 11.4. The van der Waals surface area contributed by atoms with E-state index in [1.165, 1.54) is 0 Å². The zero-order valence-electron chi connectivity index (χ0n) is 13.8. The SMILES string of the molecule is CC(C)COCCCNCCCNC(=O)OC(C)(C)C. The lowest BCUT2D eigenvalue weighted by Gasteiger charge is -2.19. The molecule has 0 radical (unpaired) electrons. The molecule has 0 saturated heterocycles. The molecule has 0 atom stereocenters. The molecule has 0 rings (SSSR count). The van der Waals surface area contributed by atoms with Gasteiger partial charge in [-0.3, -0.25) is 0 Å². The minimum absolute atomic E-state index is 0.348. The van der Waals surface area contributed by atoms with Gasteiger partial charge < -0.3 is 20.1 Å². The van der Waals surface area contributed by atoms with Crippen molar-refractivity contribution in [3.05, 3.63) is 0 Å². The summed E-state index contributed by atoms with van der Waals surface area (Å²) in [5.74, 6) is 0.599. The molecule has 0 aliphatic heterocycles. The van der Waals surface area contributed by atoms with Gasteiger partial charge in [-0.15, -0.1) is 0 Å². The van der Waals surface area contributed by atoms with E-state index in [-0.39, 0.29) is 6.09 Å². The molecule has 0 aliphatic carbocycles. The van der Waals surface area contributed by atoms with Gasteiger partial charge in [-0.25, -0.2) is 4.79 Å². The fourth-order valence-electron chi connectivity index (χ4n) is 1.46. The molecule has 0 aliphatic rings. The molecule has 5 heteroatoms. The van der Waals surface area contributed by atoms with E-state index >= 15 is 0 Å².